The molecular formula is C11H21ClN4S. The van der Waals surface area contributed by atoms with Crippen LogP contribution in [0.15, 0.2) is 0 Å². The van der Waals surface area contributed by atoms with Crippen molar-refractivity contribution in [3.8, 4) is 0 Å². The van der Waals surface area contributed by atoms with Crippen LogP contribution in [0.2, 0.25) is 0 Å². The fourth-order valence-electron chi connectivity index (χ4n) is 1.84. The number of anilines is 2. The van der Waals surface area contributed by atoms with Crippen LogP contribution in [-0.4, -0.2) is 21.6 Å². The molecule has 0 saturated carbocycles. The number of alkyl halides is 1. The van der Waals surface area contributed by atoms with E-state index in [1.165, 1.54) is 11.3 Å². The molecule has 1 aromatic rings. The molecule has 0 radical (unpaired) electrons. The summed E-state index contributed by atoms with van der Waals surface area (Å²) in [4.78, 5) is 0. The molecule has 1 unspecified atom stereocenters. The second-order valence-electron chi connectivity index (χ2n) is 4.50. The molecule has 0 saturated heterocycles. The van der Waals surface area contributed by atoms with Gasteiger partial charge >= 0.3 is 0 Å². The van der Waals surface area contributed by atoms with Crippen LogP contribution in [0.5, 0.6) is 0 Å². The van der Waals surface area contributed by atoms with Crippen LogP contribution in [0.4, 0.5) is 10.3 Å². The van der Waals surface area contributed by atoms with Gasteiger partial charge in [0.05, 0.1) is 0 Å². The van der Waals surface area contributed by atoms with Crippen LogP contribution in [0.1, 0.15) is 34.1 Å². The fourth-order valence-corrected chi connectivity index (χ4v) is 2.64. The molecule has 1 heterocycles. The number of aromatic nitrogens is 2. The molecule has 0 aliphatic rings. The summed E-state index contributed by atoms with van der Waals surface area (Å²) in [6.45, 7) is 8.60. The Morgan fingerprint density at radius 3 is 2.35 bits per heavy atom. The maximum absolute atomic E-state index is 6.16. The number of rotatable bonds is 6. The Labute approximate surface area is 112 Å². The second-order valence-corrected chi connectivity index (χ2v) is 6.20. The Morgan fingerprint density at radius 1 is 1.29 bits per heavy atom. The highest BCUT2D eigenvalue weighted by atomic mass is 35.5. The lowest BCUT2D eigenvalue weighted by Gasteiger charge is -2.30. The van der Waals surface area contributed by atoms with E-state index in [2.05, 4.69) is 36.3 Å². The van der Waals surface area contributed by atoms with Gasteiger partial charge in [-0.05, 0) is 25.2 Å². The van der Waals surface area contributed by atoms with Crippen molar-refractivity contribution in [2.75, 3.05) is 11.1 Å². The average Bonchev–Trinajstić information content (AvgIpc) is 2.69. The molecule has 1 aromatic heterocycles. The van der Waals surface area contributed by atoms with Gasteiger partial charge in [-0.1, -0.05) is 32.1 Å². The molecule has 4 nitrogen and oxygen atoms in total. The normalized spacial score (nSPS) is 18.4. The Bertz CT molecular complexity index is 342. The first-order valence-electron chi connectivity index (χ1n) is 5.95. The summed E-state index contributed by atoms with van der Waals surface area (Å²) >= 11 is 7.54. The van der Waals surface area contributed by atoms with Gasteiger partial charge in [0.2, 0.25) is 10.3 Å². The van der Waals surface area contributed by atoms with Crippen LogP contribution in [-0.2, 0) is 0 Å². The molecule has 0 bridgehead atoms. The van der Waals surface area contributed by atoms with Crippen molar-refractivity contribution in [1.29, 1.82) is 0 Å². The number of halogens is 1. The molecule has 0 amide bonds. The molecule has 4 atom stereocenters. The lowest BCUT2D eigenvalue weighted by molar-refractivity contribution is 0.330. The zero-order valence-corrected chi connectivity index (χ0v) is 12.3. The van der Waals surface area contributed by atoms with E-state index >= 15 is 0 Å². The number of hydrogen-bond acceptors (Lipinski definition) is 5. The van der Waals surface area contributed by atoms with Crippen molar-refractivity contribution in [2.24, 2.45) is 11.8 Å². The minimum atomic E-state index is 0.167. The third-order valence-corrected chi connectivity index (χ3v) is 4.46. The van der Waals surface area contributed by atoms with E-state index in [-0.39, 0.29) is 5.38 Å². The van der Waals surface area contributed by atoms with Crippen molar-refractivity contribution in [1.82, 2.24) is 10.2 Å². The van der Waals surface area contributed by atoms with Crippen molar-refractivity contribution >= 4 is 33.2 Å². The highest BCUT2D eigenvalue weighted by Gasteiger charge is 2.25. The molecule has 0 aliphatic carbocycles. The Morgan fingerprint density at radius 2 is 1.94 bits per heavy atom. The largest absolute Gasteiger partial charge is 0.374 e. The molecule has 3 N–H and O–H groups in total. The predicted octanol–water partition coefficient (Wildman–Crippen LogP) is 3.21. The third kappa shape index (κ3) is 4.00. The zero-order chi connectivity index (χ0) is 13.0. The molecule has 98 valence electrons. The Hall–Kier alpha value is -0.550. The van der Waals surface area contributed by atoms with E-state index in [0.717, 1.165) is 11.6 Å². The highest BCUT2D eigenvalue weighted by molar-refractivity contribution is 7.18. The van der Waals surface area contributed by atoms with E-state index in [4.69, 9.17) is 17.3 Å². The number of nitrogens with two attached hydrogens (primary N) is 1. The van der Waals surface area contributed by atoms with Crippen LogP contribution >= 0.6 is 22.9 Å². The number of hydrogen-bond donors (Lipinski definition) is 2. The van der Waals surface area contributed by atoms with Gasteiger partial charge in [-0.15, -0.1) is 21.8 Å². The monoisotopic (exact) mass is 276 g/mol. The summed E-state index contributed by atoms with van der Waals surface area (Å²) in [5.74, 6) is 0.914. The Balaban J connectivity index is 2.65. The average molecular weight is 277 g/mol. The molecule has 6 heteroatoms. The highest BCUT2D eigenvalue weighted by Crippen LogP contribution is 2.27. The molecular weight excluding hydrogens is 256 g/mol. The molecule has 17 heavy (non-hydrogen) atoms. The maximum atomic E-state index is 6.16. The van der Waals surface area contributed by atoms with Gasteiger partial charge < -0.3 is 11.1 Å². The van der Waals surface area contributed by atoms with Crippen LogP contribution in [0.25, 0.3) is 0 Å². The number of nitrogens with one attached hydrogen (secondary N) is 1. The fraction of sp³-hybridized carbons (Fsp3) is 0.818. The van der Waals surface area contributed by atoms with E-state index in [1.807, 2.05) is 6.92 Å². The van der Waals surface area contributed by atoms with E-state index in [0.29, 0.717) is 23.0 Å². The van der Waals surface area contributed by atoms with Gasteiger partial charge in [-0.25, -0.2) is 0 Å². The van der Waals surface area contributed by atoms with E-state index < -0.39 is 0 Å². The van der Waals surface area contributed by atoms with Crippen LogP contribution in [0, 0.1) is 11.8 Å². The van der Waals surface area contributed by atoms with Gasteiger partial charge in [0.15, 0.2) is 0 Å². The summed E-state index contributed by atoms with van der Waals surface area (Å²) in [7, 11) is 0. The first-order valence-corrected chi connectivity index (χ1v) is 7.20. The lowest BCUT2D eigenvalue weighted by Crippen LogP contribution is -2.33. The first kappa shape index (κ1) is 14.5. The summed E-state index contributed by atoms with van der Waals surface area (Å²) in [6, 6.07) is 0.346. The predicted molar refractivity (Wildman–Crippen MR) is 75.7 cm³/mol. The molecule has 0 aliphatic heterocycles. The topological polar surface area (TPSA) is 63.8 Å². The van der Waals surface area contributed by atoms with Crippen LogP contribution < -0.4 is 11.1 Å². The van der Waals surface area contributed by atoms with Crippen LogP contribution in [0.3, 0.4) is 0 Å². The second kappa shape index (κ2) is 6.40. The van der Waals surface area contributed by atoms with Crippen molar-refractivity contribution in [3.05, 3.63) is 0 Å². The smallest absolute Gasteiger partial charge is 0.207 e. The van der Waals surface area contributed by atoms with E-state index in [1.54, 1.807) is 0 Å². The Kier molecular flexibility index (Phi) is 5.46. The zero-order valence-electron chi connectivity index (χ0n) is 10.8. The molecule has 1 rings (SSSR count). The lowest BCUT2D eigenvalue weighted by atomic mass is 9.86. The van der Waals surface area contributed by atoms with Crippen molar-refractivity contribution in [2.45, 2.75) is 45.5 Å². The number of nitrogen functional groups attached to an aromatic ring is 1. The summed E-state index contributed by atoms with van der Waals surface area (Å²) in [5.41, 5.74) is 5.56. The van der Waals surface area contributed by atoms with Gasteiger partial charge in [0.1, 0.15) is 0 Å². The van der Waals surface area contributed by atoms with Crippen molar-refractivity contribution < 1.29 is 0 Å². The summed E-state index contributed by atoms with van der Waals surface area (Å²) in [6.07, 6.45) is 1.02. The molecule has 0 aromatic carbocycles. The quantitative estimate of drug-likeness (QED) is 0.783. The standard InChI is InChI=1S/C11H21ClN4S/c1-5-9(7(3)6(2)8(4)12)14-11-16-15-10(13)17-11/h6-9H,5H2,1-4H3,(H2,13,15)(H,14,16)/t6-,7-,8+,9?/m1/s1. The summed E-state index contributed by atoms with van der Waals surface area (Å²) < 4.78 is 0. The van der Waals surface area contributed by atoms with E-state index in [9.17, 15) is 0 Å². The van der Waals surface area contributed by atoms with Gasteiger partial charge in [0, 0.05) is 11.4 Å². The van der Waals surface area contributed by atoms with Gasteiger partial charge in [0.25, 0.3) is 0 Å². The van der Waals surface area contributed by atoms with Crippen molar-refractivity contribution in [3.63, 3.8) is 0 Å². The first-order chi connectivity index (χ1) is 7.95. The van der Waals surface area contributed by atoms with Gasteiger partial charge in [-0.3, -0.25) is 0 Å². The minimum absolute atomic E-state index is 0.167. The molecule has 0 fully saturated rings. The summed E-state index contributed by atoms with van der Waals surface area (Å²) in [5, 5.41) is 12.6. The van der Waals surface area contributed by atoms with Gasteiger partial charge in [-0.2, -0.15) is 0 Å². The maximum Gasteiger partial charge on any atom is 0.207 e. The SMILES string of the molecule is CCC(Nc1nnc(N)s1)[C@H](C)[C@@H](C)[C@H](C)Cl. The molecule has 0 spiro atoms. The number of nitrogens with zero attached hydrogens (tertiary/aromatic N) is 2. The minimum Gasteiger partial charge on any atom is -0.374 e. The third-order valence-electron chi connectivity index (χ3n) is 3.38.